The van der Waals surface area contributed by atoms with E-state index in [-0.39, 0.29) is 18.1 Å². The van der Waals surface area contributed by atoms with Crippen molar-refractivity contribution in [2.24, 2.45) is 0 Å². The zero-order valence-corrected chi connectivity index (χ0v) is 22.8. The lowest BCUT2D eigenvalue weighted by molar-refractivity contribution is -0.917. The summed E-state index contributed by atoms with van der Waals surface area (Å²) in [6, 6.07) is 18.4. The highest BCUT2D eigenvalue weighted by molar-refractivity contribution is 5.74. The molecule has 0 saturated heterocycles. The van der Waals surface area contributed by atoms with Crippen LogP contribution in [0.15, 0.2) is 54.6 Å². The van der Waals surface area contributed by atoms with Crippen LogP contribution in [0.5, 0.6) is 5.75 Å². The van der Waals surface area contributed by atoms with E-state index in [0.717, 1.165) is 18.7 Å². The van der Waals surface area contributed by atoms with Crippen LogP contribution in [0, 0.1) is 0 Å². The molecule has 35 heavy (non-hydrogen) atoms. The average Bonchev–Trinajstić information content (AvgIpc) is 2.84. The molecule has 0 heterocycles. The van der Waals surface area contributed by atoms with Crippen molar-refractivity contribution in [1.29, 1.82) is 0 Å². The number of carbonyl (C=O) groups is 1. The Kier molecular flexibility index (Phi) is 12.9. The van der Waals surface area contributed by atoms with E-state index in [1.165, 1.54) is 56.1 Å². The summed E-state index contributed by atoms with van der Waals surface area (Å²) in [4.78, 5) is 12.7. The van der Waals surface area contributed by atoms with Crippen LogP contribution in [0.2, 0.25) is 0 Å². The Morgan fingerprint density at radius 1 is 0.857 bits per heavy atom. The fraction of sp³-hybridized carbons (Fsp3) is 0.581. The highest BCUT2D eigenvalue weighted by atomic mass is 16.5. The Morgan fingerprint density at radius 2 is 1.49 bits per heavy atom. The van der Waals surface area contributed by atoms with E-state index in [9.17, 15) is 4.79 Å². The van der Waals surface area contributed by atoms with Crippen molar-refractivity contribution >= 4 is 5.97 Å². The highest BCUT2D eigenvalue weighted by Gasteiger charge is 2.32. The van der Waals surface area contributed by atoms with Gasteiger partial charge >= 0.3 is 5.97 Å². The number of esters is 1. The van der Waals surface area contributed by atoms with Crippen LogP contribution in [0.25, 0.3) is 0 Å². The minimum absolute atomic E-state index is 0.0138. The van der Waals surface area contributed by atoms with E-state index < -0.39 is 0 Å². The lowest BCUT2D eigenvalue weighted by atomic mass is 10.0. The fourth-order valence-electron chi connectivity index (χ4n) is 4.30. The zero-order valence-electron chi connectivity index (χ0n) is 22.8. The van der Waals surface area contributed by atoms with Gasteiger partial charge in [0.25, 0.3) is 0 Å². The fourth-order valence-corrected chi connectivity index (χ4v) is 4.30. The number of quaternary nitrogens is 1. The van der Waals surface area contributed by atoms with Gasteiger partial charge in [0.1, 0.15) is 12.3 Å². The third-order valence-electron chi connectivity index (χ3n) is 6.94. The number of hydrogen-bond acceptors (Lipinski definition) is 3. The number of carbonyl (C=O) groups excluding carboxylic acids is 1. The summed E-state index contributed by atoms with van der Waals surface area (Å²) in [5, 5.41) is 0. The Labute approximate surface area is 214 Å². The third-order valence-corrected chi connectivity index (χ3v) is 6.94. The van der Waals surface area contributed by atoms with E-state index >= 15 is 0 Å². The smallest absolute Gasteiger partial charge is 0.364 e. The zero-order chi connectivity index (χ0) is 25.5. The van der Waals surface area contributed by atoms with E-state index in [1.807, 2.05) is 31.2 Å². The predicted octanol–water partition coefficient (Wildman–Crippen LogP) is 7.35. The van der Waals surface area contributed by atoms with Gasteiger partial charge in [-0.15, -0.1) is 0 Å². The molecule has 0 spiro atoms. The molecule has 4 heteroatoms. The molecule has 2 aromatic rings. The minimum Gasteiger partial charge on any atom is -0.490 e. The lowest BCUT2D eigenvalue weighted by Crippen LogP contribution is -2.51. The summed E-state index contributed by atoms with van der Waals surface area (Å²) in [5.41, 5.74) is 2.49. The van der Waals surface area contributed by atoms with Gasteiger partial charge in [0.15, 0.2) is 6.04 Å². The van der Waals surface area contributed by atoms with Gasteiger partial charge in [-0.2, -0.15) is 0 Å². The number of ether oxygens (including phenoxy) is 2. The molecule has 0 radical (unpaired) electrons. The van der Waals surface area contributed by atoms with Crippen LogP contribution in [0.4, 0.5) is 0 Å². The van der Waals surface area contributed by atoms with E-state index in [0.29, 0.717) is 17.5 Å². The second-order valence-electron chi connectivity index (χ2n) is 10.5. The van der Waals surface area contributed by atoms with Gasteiger partial charge in [-0.1, -0.05) is 94.0 Å². The largest absolute Gasteiger partial charge is 0.490 e. The van der Waals surface area contributed by atoms with Crippen LogP contribution in [-0.2, 0) is 22.5 Å². The molecule has 0 amide bonds. The van der Waals surface area contributed by atoms with Crippen molar-refractivity contribution in [2.45, 2.75) is 97.2 Å². The molecule has 2 aromatic carbocycles. The van der Waals surface area contributed by atoms with Crippen LogP contribution in [0.3, 0.4) is 0 Å². The summed E-state index contributed by atoms with van der Waals surface area (Å²) >= 11 is 0. The number of aryl methyl sites for hydroxylation is 1. The Balaban J connectivity index is 1.73. The molecule has 0 aliphatic heterocycles. The quantitative estimate of drug-likeness (QED) is 0.134. The maximum atomic E-state index is 12.7. The third kappa shape index (κ3) is 10.9. The summed E-state index contributed by atoms with van der Waals surface area (Å²) in [6.07, 6.45) is 10.9. The van der Waals surface area contributed by atoms with Crippen LogP contribution in [0.1, 0.15) is 83.3 Å². The van der Waals surface area contributed by atoms with Crippen molar-refractivity contribution in [2.75, 3.05) is 20.7 Å². The molecule has 0 N–H and O–H groups in total. The first-order valence-corrected chi connectivity index (χ1v) is 13.6. The second kappa shape index (κ2) is 15.6. The first kappa shape index (κ1) is 28.9. The lowest BCUT2D eigenvalue weighted by Gasteiger charge is -2.34. The molecular formula is C31H48NO3+. The number of hydrogen-bond donors (Lipinski definition) is 0. The first-order valence-electron chi connectivity index (χ1n) is 13.6. The second-order valence-corrected chi connectivity index (χ2v) is 10.5. The van der Waals surface area contributed by atoms with Gasteiger partial charge in [-0.25, -0.2) is 4.79 Å². The minimum atomic E-state index is -0.242. The summed E-state index contributed by atoms with van der Waals surface area (Å²) in [6.45, 7) is 7.42. The van der Waals surface area contributed by atoms with Crippen LogP contribution in [-0.4, -0.2) is 43.3 Å². The molecule has 2 unspecified atom stereocenters. The Hall–Kier alpha value is -2.33. The summed E-state index contributed by atoms with van der Waals surface area (Å²) < 4.78 is 12.5. The first-order chi connectivity index (χ1) is 16.8. The molecule has 0 bridgehead atoms. The normalized spacial score (nSPS) is 13.3. The van der Waals surface area contributed by atoms with Crippen molar-refractivity contribution in [3.05, 3.63) is 65.7 Å². The van der Waals surface area contributed by atoms with Crippen molar-refractivity contribution in [3.8, 4) is 5.75 Å². The Morgan fingerprint density at radius 3 is 2.20 bits per heavy atom. The van der Waals surface area contributed by atoms with Crippen LogP contribution < -0.4 is 4.74 Å². The topological polar surface area (TPSA) is 35.5 Å². The molecule has 0 aromatic heterocycles. The van der Waals surface area contributed by atoms with Gasteiger partial charge in [0, 0.05) is 12.0 Å². The monoisotopic (exact) mass is 482 g/mol. The molecule has 194 valence electrons. The Bertz CT molecular complexity index is 849. The number of rotatable bonds is 17. The van der Waals surface area contributed by atoms with Gasteiger partial charge < -0.3 is 14.0 Å². The summed E-state index contributed by atoms with van der Waals surface area (Å²) in [5.74, 6) is 0.809. The average molecular weight is 483 g/mol. The van der Waals surface area contributed by atoms with Crippen molar-refractivity contribution in [1.82, 2.24) is 0 Å². The van der Waals surface area contributed by atoms with Gasteiger partial charge in [-0.3, -0.25) is 0 Å². The van der Waals surface area contributed by atoms with E-state index in [1.54, 1.807) is 0 Å². The van der Waals surface area contributed by atoms with Crippen LogP contribution >= 0.6 is 0 Å². The molecule has 0 saturated carbocycles. The molecule has 2 atom stereocenters. The standard InChI is InChI=1S/C31H48NO3/c1-6-7-8-9-10-11-15-20-29-21-16-17-22-30(29)35-26(2)23-24-34-31(33)27(3)32(4,5)25-28-18-13-12-14-19-28/h12-14,16-19,21-22,26-27H,6-11,15,20,23-25H2,1-5H3/q+1. The molecule has 0 fully saturated rings. The number of nitrogens with zero attached hydrogens (tertiary/aromatic N) is 1. The number of likely N-dealkylation sites (N-methyl/N-ethyl adjacent to an activating group) is 1. The molecule has 2 rings (SSSR count). The molecular weight excluding hydrogens is 434 g/mol. The maximum Gasteiger partial charge on any atom is 0.364 e. The van der Waals surface area contributed by atoms with E-state index in [4.69, 9.17) is 9.47 Å². The summed E-state index contributed by atoms with van der Waals surface area (Å²) in [7, 11) is 4.15. The highest BCUT2D eigenvalue weighted by Crippen LogP contribution is 2.23. The number of unbranched alkanes of at least 4 members (excludes halogenated alkanes) is 6. The van der Waals surface area contributed by atoms with Gasteiger partial charge in [0.2, 0.25) is 0 Å². The number of para-hydroxylation sites is 1. The van der Waals surface area contributed by atoms with Gasteiger partial charge in [-0.05, 0) is 38.3 Å². The molecule has 0 aliphatic carbocycles. The van der Waals surface area contributed by atoms with Crippen molar-refractivity contribution < 1.29 is 18.8 Å². The maximum absolute atomic E-state index is 12.7. The van der Waals surface area contributed by atoms with E-state index in [2.05, 4.69) is 58.3 Å². The molecule has 0 aliphatic rings. The number of benzene rings is 2. The van der Waals surface area contributed by atoms with Crippen molar-refractivity contribution in [3.63, 3.8) is 0 Å². The SMILES string of the molecule is CCCCCCCCCc1ccccc1OC(C)CCOC(=O)C(C)[N+](C)(C)Cc1ccccc1. The predicted molar refractivity (Wildman–Crippen MR) is 146 cm³/mol. The molecule has 4 nitrogen and oxygen atoms in total. The van der Waals surface area contributed by atoms with Gasteiger partial charge in [0.05, 0.1) is 26.8 Å².